The third-order valence-electron chi connectivity index (χ3n) is 3.96. The van der Waals surface area contributed by atoms with Crippen molar-refractivity contribution in [1.29, 1.82) is 0 Å². The first-order valence-corrected chi connectivity index (χ1v) is 8.72. The van der Waals surface area contributed by atoms with E-state index in [0.29, 0.717) is 11.4 Å². The van der Waals surface area contributed by atoms with Crippen LogP contribution in [-0.2, 0) is 14.8 Å². The first kappa shape index (κ1) is 15.2. The molecule has 4 nitrogen and oxygen atoms in total. The van der Waals surface area contributed by atoms with Crippen molar-refractivity contribution >= 4 is 10.0 Å². The van der Waals surface area contributed by atoms with E-state index < -0.39 is 16.3 Å². The molecule has 0 N–H and O–H groups in total. The lowest BCUT2D eigenvalue weighted by Gasteiger charge is -2.20. The Morgan fingerprint density at radius 1 is 1.05 bits per heavy atom. The van der Waals surface area contributed by atoms with Gasteiger partial charge in [-0.1, -0.05) is 48.5 Å². The van der Waals surface area contributed by atoms with Crippen LogP contribution in [0.2, 0.25) is 0 Å². The fourth-order valence-corrected chi connectivity index (χ4v) is 4.53. The van der Waals surface area contributed by atoms with Crippen molar-refractivity contribution in [2.75, 3.05) is 6.54 Å². The highest BCUT2D eigenvalue weighted by Gasteiger charge is 2.39. The minimum atomic E-state index is -3.55. The molecule has 0 saturated carbocycles. The molecule has 2 atom stereocenters. The monoisotopic (exact) mass is 317 g/mol. The molecular formula is C17H19NO3S. The normalized spacial score (nSPS) is 22.8. The molecule has 116 valence electrons. The van der Waals surface area contributed by atoms with Crippen LogP contribution < -0.4 is 0 Å². The highest BCUT2D eigenvalue weighted by atomic mass is 32.2. The third kappa shape index (κ3) is 2.67. The van der Waals surface area contributed by atoms with Gasteiger partial charge < -0.3 is 4.74 Å². The van der Waals surface area contributed by atoms with Gasteiger partial charge >= 0.3 is 0 Å². The van der Waals surface area contributed by atoms with Crippen molar-refractivity contribution in [3.63, 3.8) is 0 Å². The molecule has 0 radical (unpaired) electrons. The Bertz CT molecular complexity index is 758. The second-order valence-electron chi connectivity index (χ2n) is 5.47. The number of benzene rings is 2. The zero-order valence-corrected chi connectivity index (χ0v) is 13.5. The van der Waals surface area contributed by atoms with Crippen molar-refractivity contribution in [2.45, 2.75) is 31.1 Å². The van der Waals surface area contributed by atoms with E-state index in [1.807, 2.05) is 49.4 Å². The topological polar surface area (TPSA) is 46.6 Å². The standard InChI is InChI=1S/C17H19NO3S/c1-13-8-6-7-11-17(13)22(19,20)18-12-16(21-14(18)2)15-9-4-3-5-10-15/h3-11,14,16H,12H2,1-2H3. The quantitative estimate of drug-likeness (QED) is 0.874. The van der Waals surface area contributed by atoms with Crippen molar-refractivity contribution in [1.82, 2.24) is 4.31 Å². The predicted octanol–water partition coefficient (Wildman–Crippen LogP) is 3.10. The average Bonchev–Trinajstić information content (AvgIpc) is 2.91. The van der Waals surface area contributed by atoms with E-state index >= 15 is 0 Å². The lowest BCUT2D eigenvalue weighted by atomic mass is 10.1. The number of rotatable bonds is 3. The highest BCUT2D eigenvalue weighted by molar-refractivity contribution is 7.89. The SMILES string of the molecule is Cc1ccccc1S(=O)(=O)N1CC(c2ccccc2)OC1C. The Kier molecular flexibility index (Phi) is 4.04. The maximum Gasteiger partial charge on any atom is 0.245 e. The van der Waals surface area contributed by atoms with E-state index in [9.17, 15) is 8.42 Å². The zero-order chi connectivity index (χ0) is 15.7. The number of hydrogen-bond donors (Lipinski definition) is 0. The second-order valence-corrected chi connectivity index (χ2v) is 7.33. The van der Waals surface area contributed by atoms with Crippen LogP contribution in [0.4, 0.5) is 0 Å². The van der Waals surface area contributed by atoms with Gasteiger partial charge in [-0.2, -0.15) is 4.31 Å². The van der Waals surface area contributed by atoms with Gasteiger partial charge in [0.25, 0.3) is 0 Å². The largest absolute Gasteiger partial charge is 0.353 e. The molecule has 5 heteroatoms. The summed E-state index contributed by atoms with van der Waals surface area (Å²) >= 11 is 0. The van der Waals surface area contributed by atoms with E-state index in [0.717, 1.165) is 11.1 Å². The van der Waals surface area contributed by atoms with Crippen LogP contribution in [0.15, 0.2) is 59.5 Å². The van der Waals surface area contributed by atoms with Crippen molar-refractivity contribution in [3.05, 3.63) is 65.7 Å². The Balaban J connectivity index is 1.91. The van der Waals surface area contributed by atoms with Crippen LogP contribution in [-0.4, -0.2) is 25.5 Å². The van der Waals surface area contributed by atoms with Crippen LogP contribution in [0.25, 0.3) is 0 Å². The Hall–Kier alpha value is -1.69. The summed E-state index contributed by atoms with van der Waals surface area (Å²) in [5.74, 6) is 0. The summed E-state index contributed by atoms with van der Waals surface area (Å²) in [6, 6.07) is 16.8. The van der Waals surface area contributed by atoms with Gasteiger partial charge in [0.05, 0.1) is 11.0 Å². The van der Waals surface area contributed by atoms with Gasteiger partial charge in [-0.25, -0.2) is 8.42 Å². The molecule has 0 amide bonds. The number of hydrogen-bond acceptors (Lipinski definition) is 3. The van der Waals surface area contributed by atoms with Crippen LogP contribution in [0.5, 0.6) is 0 Å². The van der Waals surface area contributed by atoms with E-state index in [4.69, 9.17) is 4.74 Å². The zero-order valence-electron chi connectivity index (χ0n) is 12.6. The average molecular weight is 317 g/mol. The maximum atomic E-state index is 12.9. The molecule has 1 saturated heterocycles. The molecule has 2 aromatic rings. The Morgan fingerprint density at radius 3 is 2.36 bits per heavy atom. The molecular weight excluding hydrogens is 298 g/mol. The van der Waals surface area contributed by atoms with Crippen molar-refractivity contribution < 1.29 is 13.2 Å². The fourth-order valence-electron chi connectivity index (χ4n) is 2.78. The summed E-state index contributed by atoms with van der Waals surface area (Å²) in [7, 11) is -3.55. The van der Waals surface area contributed by atoms with Gasteiger partial charge in [0, 0.05) is 6.54 Å². The molecule has 1 fully saturated rings. The van der Waals surface area contributed by atoms with Crippen molar-refractivity contribution in [3.8, 4) is 0 Å². The minimum absolute atomic E-state index is 0.227. The lowest BCUT2D eigenvalue weighted by molar-refractivity contribution is 0.0344. The molecule has 22 heavy (non-hydrogen) atoms. The molecule has 3 rings (SSSR count). The minimum Gasteiger partial charge on any atom is -0.353 e. The van der Waals surface area contributed by atoms with Gasteiger partial charge in [-0.05, 0) is 31.0 Å². The molecule has 1 aliphatic rings. The molecule has 1 heterocycles. The van der Waals surface area contributed by atoms with Crippen molar-refractivity contribution in [2.24, 2.45) is 0 Å². The predicted molar refractivity (Wildman–Crippen MR) is 84.8 cm³/mol. The van der Waals surface area contributed by atoms with E-state index in [2.05, 4.69) is 0 Å². The summed E-state index contributed by atoms with van der Waals surface area (Å²) in [6.07, 6.45) is -0.704. The molecule has 0 aliphatic carbocycles. The first-order valence-electron chi connectivity index (χ1n) is 7.28. The number of aryl methyl sites for hydroxylation is 1. The van der Waals surface area contributed by atoms with E-state index in [-0.39, 0.29) is 6.10 Å². The summed E-state index contributed by atoms with van der Waals surface area (Å²) in [6.45, 7) is 3.92. The van der Waals surface area contributed by atoms with Crippen LogP contribution in [0.3, 0.4) is 0 Å². The van der Waals surface area contributed by atoms with Gasteiger partial charge in [-0.15, -0.1) is 0 Å². The van der Waals surface area contributed by atoms with Crippen LogP contribution >= 0.6 is 0 Å². The smallest absolute Gasteiger partial charge is 0.245 e. The fraction of sp³-hybridized carbons (Fsp3) is 0.294. The van der Waals surface area contributed by atoms with Gasteiger partial charge in [-0.3, -0.25) is 0 Å². The van der Waals surface area contributed by atoms with Gasteiger partial charge in [0.1, 0.15) is 6.23 Å². The lowest BCUT2D eigenvalue weighted by Crippen LogP contribution is -2.34. The van der Waals surface area contributed by atoms with Gasteiger partial charge in [0.15, 0.2) is 0 Å². The highest BCUT2D eigenvalue weighted by Crippen LogP contribution is 2.33. The maximum absolute atomic E-state index is 12.9. The number of nitrogens with zero attached hydrogens (tertiary/aromatic N) is 1. The van der Waals surface area contributed by atoms with Gasteiger partial charge in [0.2, 0.25) is 10.0 Å². The summed E-state index contributed by atoms with van der Waals surface area (Å²) in [5, 5.41) is 0. The van der Waals surface area contributed by atoms with E-state index in [1.165, 1.54) is 4.31 Å². The summed E-state index contributed by atoms with van der Waals surface area (Å²) < 4.78 is 33.1. The Labute approximate surface area is 131 Å². The summed E-state index contributed by atoms with van der Waals surface area (Å²) in [5.41, 5.74) is 1.75. The number of ether oxygens (including phenoxy) is 1. The third-order valence-corrected chi connectivity index (χ3v) is 6.04. The summed E-state index contributed by atoms with van der Waals surface area (Å²) in [4.78, 5) is 0.346. The first-order chi connectivity index (χ1) is 10.5. The molecule has 0 aromatic heterocycles. The van der Waals surface area contributed by atoms with E-state index in [1.54, 1.807) is 19.1 Å². The second kappa shape index (κ2) is 5.83. The Morgan fingerprint density at radius 2 is 1.68 bits per heavy atom. The molecule has 2 unspecified atom stereocenters. The molecule has 1 aliphatic heterocycles. The molecule has 0 spiro atoms. The van der Waals surface area contributed by atoms with Crippen LogP contribution in [0, 0.1) is 6.92 Å². The van der Waals surface area contributed by atoms with Crippen LogP contribution in [0.1, 0.15) is 24.2 Å². The molecule has 0 bridgehead atoms. The molecule has 2 aromatic carbocycles. The number of sulfonamides is 1.